The lowest BCUT2D eigenvalue weighted by Gasteiger charge is -2.01. The van der Waals surface area contributed by atoms with E-state index in [0.717, 1.165) is 24.4 Å². The van der Waals surface area contributed by atoms with Gasteiger partial charge in [0.15, 0.2) is 0 Å². The van der Waals surface area contributed by atoms with Crippen molar-refractivity contribution < 1.29 is 9.90 Å². The third-order valence-corrected chi connectivity index (χ3v) is 2.53. The van der Waals surface area contributed by atoms with E-state index >= 15 is 0 Å². The van der Waals surface area contributed by atoms with Crippen LogP contribution in [-0.2, 0) is 11.3 Å². The van der Waals surface area contributed by atoms with Gasteiger partial charge < -0.3 is 9.67 Å². The van der Waals surface area contributed by atoms with Gasteiger partial charge in [-0.05, 0) is 25.5 Å². The molecule has 64 valence electrons. The van der Waals surface area contributed by atoms with Crippen molar-refractivity contribution in [3.63, 3.8) is 0 Å². The van der Waals surface area contributed by atoms with E-state index in [0.29, 0.717) is 0 Å². The first kappa shape index (κ1) is 7.40. The summed E-state index contributed by atoms with van der Waals surface area (Å²) in [5.41, 5.74) is 2.12. The van der Waals surface area contributed by atoms with Gasteiger partial charge in [-0.15, -0.1) is 0 Å². The molecule has 1 aromatic rings. The van der Waals surface area contributed by atoms with Crippen LogP contribution >= 0.6 is 0 Å². The van der Waals surface area contributed by atoms with E-state index in [9.17, 15) is 4.79 Å². The predicted octanol–water partition coefficient (Wildman–Crippen LogP) is 1.37. The number of carboxylic acids is 1. The molecule has 3 nitrogen and oxygen atoms in total. The summed E-state index contributed by atoms with van der Waals surface area (Å²) in [6.07, 6.45) is 0.742. The second-order valence-corrected chi connectivity index (χ2v) is 3.23. The van der Waals surface area contributed by atoms with E-state index in [1.807, 2.05) is 19.1 Å². The molecule has 0 amide bonds. The van der Waals surface area contributed by atoms with Crippen LogP contribution in [0.2, 0.25) is 0 Å². The quantitative estimate of drug-likeness (QED) is 0.682. The molecule has 2 heterocycles. The first-order valence-corrected chi connectivity index (χ1v) is 4.09. The largest absolute Gasteiger partial charge is 0.481 e. The fourth-order valence-corrected chi connectivity index (χ4v) is 1.86. The highest BCUT2D eigenvalue weighted by Gasteiger charge is 2.28. The van der Waals surface area contributed by atoms with Crippen LogP contribution in [0.4, 0.5) is 0 Å². The first-order chi connectivity index (χ1) is 5.70. The number of aromatic nitrogens is 1. The lowest BCUT2D eigenvalue weighted by molar-refractivity contribution is -0.138. The van der Waals surface area contributed by atoms with Gasteiger partial charge in [-0.3, -0.25) is 4.79 Å². The van der Waals surface area contributed by atoms with Gasteiger partial charge in [0.2, 0.25) is 0 Å². The number of aryl methyl sites for hydroxylation is 1. The Balaban J connectivity index is 2.43. The summed E-state index contributed by atoms with van der Waals surface area (Å²) in [5.74, 6) is -0.981. The molecule has 0 saturated heterocycles. The Morgan fingerprint density at radius 3 is 3.08 bits per heavy atom. The van der Waals surface area contributed by atoms with Crippen molar-refractivity contribution in [3.8, 4) is 0 Å². The molecule has 1 aliphatic rings. The highest BCUT2D eigenvalue weighted by atomic mass is 16.4. The Morgan fingerprint density at radius 2 is 2.42 bits per heavy atom. The topological polar surface area (TPSA) is 42.2 Å². The molecule has 0 aromatic carbocycles. The van der Waals surface area contributed by atoms with E-state index in [2.05, 4.69) is 4.57 Å². The normalized spacial score (nSPS) is 20.9. The minimum absolute atomic E-state index is 0.279. The van der Waals surface area contributed by atoms with Gasteiger partial charge in [0.05, 0.1) is 5.92 Å². The average Bonchev–Trinajstić information content (AvgIpc) is 2.53. The number of fused-ring (bicyclic) bond motifs is 1. The smallest absolute Gasteiger partial charge is 0.312 e. The van der Waals surface area contributed by atoms with Gasteiger partial charge in [0.1, 0.15) is 0 Å². The number of hydrogen-bond donors (Lipinski definition) is 1. The molecule has 0 bridgehead atoms. The van der Waals surface area contributed by atoms with Crippen molar-refractivity contribution in [2.24, 2.45) is 0 Å². The van der Waals surface area contributed by atoms with E-state index in [1.165, 1.54) is 0 Å². The predicted molar refractivity (Wildman–Crippen MR) is 44.2 cm³/mol. The number of aliphatic carboxylic acids is 1. The number of rotatable bonds is 1. The Morgan fingerprint density at radius 1 is 1.67 bits per heavy atom. The number of hydrogen-bond acceptors (Lipinski definition) is 1. The van der Waals surface area contributed by atoms with Crippen LogP contribution in [0.3, 0.4) is 0 Å². The van der Waals surface area contributed by atoms with Crippen molar-refractivity contribution in [2.75, 3.05) is 0 Å². The van der Waals surface area contributed by atoms with Crippen molar-refractivity contribution in [1.82, 2.24) is 4.57 Å². The lowest BCUT2D eigenvalue weighted by atomic mass is 10.1. The van der Waals surface area contributed by atoms with Gasteiger partial charge in [-0.2, -0.15) is 0 Å². The van der Waals surface area contributed by atoms with Crippen molar-refractivity contribution in [2.45, 2.75) is 25.8 Å². The fourth-order valence-electron chi connectivity index (χ4n) is 1.86. The summed E-state index contributed by atoms with van der Waals surface area (Å²) in [7, 11) is 0. The third kappa shape index (κ3) is 0.858. The van der Waals surface area contributed by atoms with Crippen LogP contribution in [0.15, 0.2) is 12.1 Å². The number of carboxylic acid groups (broad SMARTS) is 1. The van der Waals surface area contributed by atoms with Crippen molar-refractivity contribution in [3.05, 3.63) is 23.5 Å². The zero-order valence-electron chi connectivity index (χ0n) is 6.95. The van der Waals surface area contributed by atoms with Crippen LogP contribution in [0.5, 0.6) is 0 Å². The van der Waals surface area contributed by atoms with Crippen LogP contribution in [0, 0.1) is 6.92 Å². The second kappa shape index (κ2) is 2.37. The van der Waals surface area contributed by atoms with Gasteiger partial charge in [0, 0.05) is 17.9 Å². The summed E-state index contributed by atoms with van der Waals surface area (Å²) >= 11 is 0. The standard InChI is InChI=1S/C9H11NO2/c1-6-2-3-8-7(9(11)12)4-5-10(6)8/h2-3,7H,4-5H2,1H3,(H,11,12). The van der Waals surface area contributed by atoms with Crippen LogP contribution in [0.25, 0.3) is 0 Å². The molecule has 0 spiro atoms. The Labute approximate surface area is 70.6 Å². The maximum Gasteiger partial charge on any atom is 0.312 e. The zero-order chi connectivity index (χ0) is 8.72. The molecule has 1 unspecified atom stereocenters. The molecule has 12 heavy (non-hydrogen) atoms. The molecule has 0 fully saturated rings. The van der Waals surface area contributed by atoms with E-state index < -0.39 is 5.97 Å². The maximum absolute atomic E-state index is 10.8. The summed E-state index contributed by atoms with van der Waals surface area (Å²) < 4.78 is 2.08. The van der Waals surface area contributed by atoms with E-state index in [1.54, 1.807) is 0 Å². The minimum Gasteiger partial charge on any atom is -0.481 e. The van der Waals surface area contributed by atoms with Gasteiger partial charge in [-0.1, -0.05) is 0 Å². The first-order valence-electron chi connectivity index (χ1n) is 4.09. The zero-order valence-corrected chi connectivity index (χ0v) is 6.95. The summed E-state index contributed by atoms with van der Waals surface area (Å²) in [5, 5.41) is 8.86. The molecule has 0 radical (unpaired) electrons. The number of carbonyl (C=O) groups is 1. The second-order valence-electron chi connectivity index (χ2n) is 3.23. The summed E-state index contributed by atoms with van der Waals surface area (Å²) in [4.78, 5) is 10.8. The molecule has 1 aromatic heterocycles. The maximum atomic E-state index is 10.8. The monoisotopic (exact) mass is 165 g/mol. The Kier molecular flexibility index (Phi) is 1.46. The van der Waals surface area contributed by atoms with E-state index in [-0.39, 0.29) is 5.92 Å². The number of nitrogens with zero attached hydrogens (tertiary/aromatic N) is 1. The van der Waals surface area contributed by atoms with Crippen molar-refractivity contribution >= 4 is 5.97 Å². The van der Waals surface area contributed by atoms with Gasteiger partial charge >= 0.3 is 5.97 Å². The van der Waals surface area contributed by atoms with Gasteiger partial charge in [0.25, 0.3) is 0 Å². The third-order valence-electron chi connectivity index (χ3n) is 2.53. The summed E-state index contributed by atoms with van der Waals surface area (Å²) in [6.45, 7) is 2.86. The van der Waals surface area contributed by atoms with E-state index in [4.69, 9.17) is 5.11 Å². The molecule has 3 heteroatoms. The molecule has 0 saturated carbocycles. The Hall–Kier alpha value is -1.25. The Bertz CT molecular complexity index is 327. The molecule has 1 N–H and O–H groups in total. The molecular formula is C9H11NO2. The van der Waals surface area contributed by atoms with Crippen LogP contribution in [0.1, 0.15) is 23.7 Å². The highest BCUT2D eigenvalue weighted by molar-refractivity contribution is 5.76. The highest BCUT2D eigenvalue weighted by Crippen LogP contribution is 2.29. The lowest BCUT2D eigenvalue weighted by Crippen LogP contribution is -2.07. The fraction of sp³-hybridized carbons (Fsp3) is 0.444. The molecule has 0 aliphatic carbocycles. The van der Waals surface area contributed by atoms with Crippen molar-refractivity contribution in [1.29, 1.82) is 0 Å². The van der Waals surface area contributed by atoms with Crippen LogP contribution < -0.4 is 0 Å². The average molecular weight is 165 g/mol. The SMILES string of the molecule is Cc1ccc2n1CCC2C(=O)O. The van der Waals surface area contributed by atoms with Crippen LogP contribution in [-0.4, -0.2) is 15.6 Å². The minimum atomic E-state index is -0.702. The molecule has 1 aliphatic heterocycles. The van der Waals surface area contributed by atoms with Gasteiger partial charge in [-0.25, -0.2) is 0 Å². The molecule has 1 atom stereocenters. The molecular weight excluding hydrogens is 154 g/mol. The molecule has 2 rings (SSSR count). The summed E-state index contributed by atoms with van der Waals surface area (Å²) in [6, 6.07) is 3.89.